The number of hydrogen-bond acceptors (Lipinski definition) is 5. The molecule has 30 heavy (non-hydrogen) atoms. The van der Waals surface area contributed by atoms with Crippen LogP contribution in [-0.4, -0.2) is 29.1 Å². The molecule has 0 aliphatic carbocycles. The van der Waals surface area contributed by atoms with Crippen LogP contribution in [0.5, 0.6) is 5.75 Å². The molecule has 1 atom stereocenters. The Hall–Kier alpha value is -3.51. The number of aliphatic hydroxyl groups is 1. The lowest BCUT2D eigenvalue weighted by Gasteiger charge is -2.21. The quantitative estimate of drug-likeness (QED) is 0.271. The standard InChI is InChI=1S/C24H24N2O4/c1-15-9-5-6-10-19(15)20-11-7-8-12-21(20)22(25-4)24(27)30-23-16(2)13-18(26(28)29)14-17(23)3/h5-14,24,27H,1-4H3/b25-22-/t24-/m1/s1. The predicted molar refractivity (Wildman–Crippen MR) is 118 cm³/mol. The largest absolute Gasteiger partial charge is 0.459 e. The van der Waals surface area contributed by atoms with Crippen molar-refractivity contribution in [3.63, 3.8) is 0 Å². The van der Waals surface area contributed by atoms with Crippen LogP contribution >= 0.6 is 0 Å². The summed E-state index contributed by atoms with van der Waals surface area (Å²) in [7, 11) is 1.60. The SMILES string of the molecule is C/N=C(/c1ccccc1-c1ccccc1C)[C@H](O)Oc1c(C)cc([N+](=O)[O-])cc1C. The highest BCUT2D eigenvalue weighted by Gasteiger charge is 2.22. The third kappa shape index (κ3) is 4.23. The maximum absolute atomic E-state index is 11.1. The third-order valence-corrected chi connectivity index (χ3v) is 5.00. The number of non-ortho nitro benzene ring substituents is 1. The van der Waals surface area contributed by atoms with Gasteiger partial charge in [0.05, 0.1) is 4.92 Å². The molecule has 0 saturated carbocycles. The van der Waals surface area contributed by atoms with Gasteiger partial charge in [-0.25, -0.2) is 0 Å². The lowest BCUT2D eigenvalue weighted by atomic mass is 9.93. The summed E-state index contributed by atoms with van der Waals surface area (Å²) in [4.78, 5) is 14.9. The summed E-state index contributed by atoms with van der Waals surface area (Å²) >= 11 is 0. The highest BCUT2D eigenvalue weighted by atomic mass is 16.6. The van der Waals surface area contributed by atoms with Crippen LogP contribution in [0, 0.1) is 30.9 Å². The molecular formula is C24H24N2O4. The van der Waals surface area contributed by atoms with Crippen molar-refractivity contribution in [3.05, 3.63) is 93.0 Å². The highest BCUT2D eigenvalue weighted by Crippen LogP contribution is 2.31. The van der Waals surface area contributed by atoms with Gasteiger partial charge in [-0.05, 0) is 48.6 Å². The Balaban J connectivity index is 1.99. The number of hydrogen-bond donors (Lipinski definition) is 1. The van der Waals surface area contributed by atoms with Crippen LogP contribution in [0.15, 0.2) is 65.7 Å². The molecule has 0 aliphatic heterocycles. The van der Waals surface area contributed by atoms with Crippen molar-refractivity contribution >= 4 is 11.4 Å². The Morgan fingerprint density at radius 3 is 2.10 bits per heavy atom. The molecule has 0 saturated heterocycles. The molecule has 0 unspecified atom stereocenters. The average Bonchev–Trinajstić information content (AvgIpc) is 2.72. The van der Waals surface area contributed by atoms with E-state index in [1.807, 2.05) is 55.5 Å². The third-order valence-electron chi connectivity index (χ3n) is 5.00. The van der Waals surface area contributed by atoms with Gasteiger partial charge in [0.25, 0.3) is 5.69 Å². The number of rotatable bonds is 6. The lowest BCUT2D eigenvalue weighted by Crippen LogP contribution is -2.29. The van der Waals surface area contributed by atoms with Gasteiger partial charge in [-0.2, -0.15) is 0 Å². The Morgan fingerprint density at radius 1 is 0.967 bits per heavy atom. The second-order valence-electron chi connectivity index (χ2n) is 7.11. The summed E-state index contributed by atoms with van der Waals surface area (Å²) in [6.45, 7) is 5.46. The summed E-state index contributed by atoms with van der Waals surface area (Å²) in [5.41, 5.74) is 5.37. The Kier molecular flexibility index (Phi) is 6.28. The number of ether oxygens (including phenoxy) is 1. The Labute approximate surface area is 175 Å². The van der Waals surface area contributed by atoms with E-state index in [9.17, 15) is 15.2 Å². The number of benzene rings is 3. The number of aliphatic hydroxyl groups excluding tert-OH is 1. The van der Waals surface area contributed by atoms with Crippen LogP contribution in [0.4, 0.5) is 5.69 Å². The zero-order chi connectivity index (χ0) is 21.8. The normalized spacial score (nSPS) is 12.5. The Morgan fingerprint density at radius 2 is 1.53 bits per heavy atom. The van der Waals surface area contributed by atoms with Gasteiger partial charge in [0.1, 0.15) is 11.5 Å². The first-order valence-electron chi connectivity index (χ1n) is 9.56. The van der Waals surface area contributed by atoms with E-state index >= 15 is 0 Å². The monoisotopic (exact) mass is 404 g/mol. The van der Waals surface area contributed by atoms with E-state index in [2.05, 4.69) is 4.99 Å². The molecule has 0 heterocycles. The van der Waals surface area contributed by atoms with E-state index < -0.39 is 11.2 Å². The van der Waals surface area contributed by atoms with Gasteiger partial charge in [0.15, 0.2) is 0 Å². The molecule has 0 radical (unpaired) electrons. The Bertz CT molecular complexity index is 1100. The van der Waals surface area contributed by atoms with Gasteiger partial charge in [0.2, 0.25) is 6.29 Å². The number of aliphatic imine (C=N–C) groups is 1. The van der Waals surface area contributed by atoms with E-state index in [4.69, 9.17) is 4.74 Å². The van der Waals surface area contributed by atoms with E-state index in [-0.39, 0.29) is 5.69 Å². The van der Waals surface area contributed by atoms with Crippen LogP contribution in [0.3, 0.4) is 0 Å². The number of nitrogens with zero attached hydrogens (tertiary/aromatic N) is 2. The van der Waals surface area contributed by atoms with Gasteiger partial charge in [-0.15, -0.1) is 0 Å². The lowest BCUT2D eigenvalue weighted by molar-refractivity contribution is -0.385. The molecular weight excluding hydrogens is 380 g/mol. The van der Waals surface area contributed by atoms with Crippen molar-refractivity contribution in [2.24, 2.45) is 4.99 Å². The minimum Gasteiger partial charge on any atom is -0.459 e. The maximum atomic E-state index is 11.1. The smallest absolute Gasteiger partial charge is 0.270 e. The van der Waals surface area contributed by atoms with E-state index in [1.165, 1.54) is 12.1 Å². The molecule has 0 spiro atoms. The fourth-order valence-corrected chi connectivity index (χ4v) is 3.57. The second kappa shape index (κ2) is 8.88. The van der Waals surface area contributed by atoms with Crippen LogP contribution in [0.25, 0.3) is 11.1 Å². The maximum Gasteiger partial charge on any atom is 0.270 e. The molecule has 0 fully saturated rings. The first-order chi connectivity index (χ1) is 14.3. The second-order valence-corrected chi connectivity index (χ2v) is 7.11. The highest BCUT2D eigenvalue weighted by molar-refractivity contribution is 6.08. The van der Waals surface area contributed by atoms with Gasteiger partial charge in [-0.1, -0.05) is 48.5 Å². The molecule has 0 aliphatic rings. The zero-order valence-corrected chi connectivity index (χ0v) is 17.4. The first kappa shape index (κ1) is 21.2. The molecule has 1 N–H and O–H groups in total. The molecule has 3 aromatic rings. The van der Waals surface area contributed by atoms with Crippen LogP contribution in [0.2, 0.25) is 0 Å². The van der Waals surface area contributed by atoms with Crippen molar-refractivity contribution in [3.8, 4) is 16.9 Å². The van der Waals surface area contributed by atoms with Crippen molar-refractivity contribution in [1.82, 2.24) is 0 Å². The summed E-state index contributed by atoms with van der Waals surface area (Å²) in [5, 5.41) is 22.0. The molecule has 154 valence electrons. The summed E-state index contributed by atoms with van der Waals surface area (Å²) in [6, 6.07) is 18.6. The van der Waals surface area contributed by atoms with E-state index in [0.29, 0.717) is 22.6 Å². The van der Waals surface area contributed by atoms with Gasteiger partial charge >= 0.3 is 0 Å². The molecule has 0 aromatic heterocycles. The van der Waals surface area contributed by atoms with Crippen molar-refractivity contribution < 1.29 is 14.8 Å². The number of aryl methyl sites for hydroxylation is 3. The minimum absolute atomic E-state index is 0.0129. The number of nitro benzene ring substituents is 1. The van der Waals surface area contributed by atoms with Crippen molar-refractivity contribution in [2.75, 3.05) is 7.05 Å². The van der Waals surface area contributed by atoms with E-state index in [0.717, 1.165) is 22.3 Å². The first-order valence-corrected chi connectivity index (χ1v) is 9.56. The van der Waals surface area contributed by atoms with E-state index in [1.54, 1.807) is 20.9 Å². The molecule has 3 rings (SSSR count). The topological polar surface area (TPSA) is 85.0 Å². The molecule has 0 bridgehead atoms. The fraction of sp³-hybridized carbons (Fsp3) is 0.208. The fourth-order valence-electron chi connectivity index (χ4n) is 3.57. The van der Waals surface area contributed by atoms with Crippen LogP contribution in [-0.2, 0) is 0 Å². The van der Waals surface area contributed by atoms with Crippen molar-refractivity contribution in [1.29, 1.82) is 0 Å². The van der Waals surface area contributed by atoms with Gasteiger partial charge < -0.3 is 9.84 Å². The van der Waals surface area contributed by atoms with Crippen molar-refractivity contribution in [2.45, 2.75) is 27.1 Å². The van der Waals surface area contributed by atoms with Crippen LogP contribution in [0.1, 0.15) is 22.3 Å². The summed E-state index contributed by atoms with van der Waals surface area (Å²) < 4.78 is 5.84. The minimum atomic E-state index is -1.33. The van der Waals surface area contributed by atoms with Crippen LogP contribution < -0.4 is 4.74 Å². The predicted octanol–water partition coefficient (Wildman–Crippen LogP) is 5.00. The summed E-state index contributed by atoms with van der Waals surface area (Å²) in [6.07, 6.45) is -1.33. The van der Waals surface area contributed by atoms with Gasteiger partial charge in [0, 0.05) is 24.7 Å². The zero-order valence-electron chi connectivity index (χ0n) is 17.4. The molecule has 6 heteroatoms. The molecule has 6 nitrogen and oxygen atoms in total. The summed E-state index contributed by atoms with van der Waals surface area (Å²) in [5.74, 6) is 0.405. The average molecular weight is 404 g/mol. The number of nitro groups is 1. The molecule has 3 aromatic carbocycles. The van der Waals surface area contributed by atoms with Gasteiger partial charge in [-0.3, -0.25) is 15.1 Å². The molecule has 0 amide bonds.